The number of aliphatic hydroxyl groups excluding tert-OH is 1. The zero-order valence-electron chi connectivity index (χ0n) is 24.3. The number of rotatable bonds is 7. The molecule has 1 aliphatic heterocycles. The van der Waals surface area contributed by atoms with Gasteiger partial charge in [-0.05, 0) is 50.1 Å². The van der Waals surface area contributed by atoms with Gasteiger partial charge in [-0.3, -0.25) is 4.79 Å². The number of aliphatic hydroxyl groups is 1. The topological polar surface area (TPSA) is 123 Å². The maximum Gasteiger partial charge on any atom is 0.323 e. The van der Waals surface area contributed by atoms with E-state index in [0.717, 1.165) is 25.7 Å². The van der Waals surface area contributed by atoms with E-state index in [2.05, 4.69) is 16.0 Å². The Labute approximate surface area is 242 Å². The first-order valence-electron chi connectivity index (χ1n) is 14.6. The molecule has 0 spiro atoms. The lowest BCUT2D eigenvalue weighted by molar-refractivity contribution is -0.134. The molecule has 0 radical (unpaired) electrons. The van der Waals surface area contributed by atoms with Crippen LogP contribution in [0.25, 0.3) is 0 Å². The third-order valence-corrected chi connectivity index (χ3v) is 7.94. The summed E-state index contributed by atoms with van der Waals surface area (Å²) in [4.78, 5) is 42.4. The number of anilines is 2. The number of hydrogen-bond acceptors (Lipinski definition) is 5. The summed E-state index contributed by atoms with van der Waals surface area (Å²) >= 11 is 0. The van der Waals surface area contributed by atoms with Crippen LogP contribution < -0.4 is 20.7 Å². The summed E-state index contributed by atoms with van der Waals surface area (Å²) in [6.07, 6.45) is 5.12. The monoisotopic (exact) mass is 565 g/mol. The molecule has 0 unspecified atom stereocenters. The highest BCUT2D eigenvalue weighted by atomic mass is 16.5. The van der Waals surface area contributed by atoms with E-state index in [9.17, 15) is 19.5 Å². The Bertz CT molecular complexity index is 1190. The maximum absolute atomic E-state index is 13.4. The number of carbonyl (C=O) groups is 3. The van der Waals surface area contributed by atoms with Gasteiger partial charge in [0, 0.05) is 42.5 Å². The number of para-hydroxylation sites is 1. The van der Waals surface area contributed by atoms with Crippen LogP contribution in [-0.4, -0.2) is 77.8 Å². The normalized spacial score (nSPS) is 20.4. The second-order valence-corrected chi connectivity index (χ2v) is 11.3. The number of benzene rings is 2. The number of urea groups is 2. The molecule has 1 aliphatic carbocycles. The van der Waals surface area contributed by atoms with Gasteiger partial charge in [-0.1, -0.05) is 44.4 Å². The van der Waals surface area contributed by atoms with Gasteiger partial charge in [0.1, 0.15) is 11.9 Å². The highest BCUT2D eigenvalue weighted by molar-refractivity contribution is 5.99. The molecule has 1 saturated carbocycles. The fraction of sp³-hybridized carbons (Fsp3) is 0.516. The van der Waals surface area contributed by atoms with Crippen molar-refractivity contribution in [1.29, 1.82) is 0 Å². The minimum Gasteiger partial charge on any atom is -0.488 e. The molecule has 222 valence electrons. The lowest BCUT2D eigenvalue weighted by Crippen LogP contribution is -2.50. The molecule has 41 heavy (non-hydrogen) atoms. The van der Waals surface area contributed by atoms with Gasteiger partial charge in [0.15, 0.2) is 0 Å². The van der Waals surface area contributed by atoms with Gasteiger partial charge in [0.25, 0.3) is 0 Å². The number of nitrogens with one attached hydrogen (secondary N) is 3. The second kappa shape index (κ2) is 14.2. The molecule has 0 bridgehead atoms. The second-order valence-electron chi connectivity index (χ2n) is 11.3. The van der Waals surface area contributed by atoms with Crippen molar-refractivity contribution in [1.82, 2.24) is 15.1 Å². The largest absolute Gasteiger partial charge is 0.488 e. The molecule has 1 heterocycles. The van der Waals surface area contributed by atoms with E-state index in [4.69, 9.17) is 4.74 Å². The van der Waals surface area contributed by atoms with Crippen molar-refractivity contribution in [3.8, 4) is 5.75 Å². The minimum absolute atomic E-state index is 0.0486. The molecule has 3 atom stereocenters. The van der Waals surface area contributed by atoms with Gasteiger partial charge < -0.3 is 35.6 Å². The van der Waals surface area contributed by atoms with Crippen LogP contribution in [0.15, 0.2) is 48.5 Å². The smallest absolute Gasteiger partial charge is 0.323 e. The summed E-state index contributed by atoms with van der Waals surface area (Å²) in [6, 6.07) is 13.6. The Kier molecular flexibility index (Phi) is 10.5. The van der Waals surface area contributed by atoms with Crippen LogP contribution in [-0.2, 0) is 11.2 Å². The highest BCUT2D eigenvalue weighted by Gasteiger charge is 2.32. The lowest BCUT2D eigenvalue weighted by atomic mass is 9.96. The van der Waals surface area contributed by atoms with E-state index in [1.807, 2.05) is 32.0 Å². The molecular formula is C31H43N5O5. The van der Waals surface area contributed by atoms with Crippen molar-refractivity contribution in [2.45, 2.75) is 70.6 Å². The van der Waals surface area contributed by atoms with Gasteiger partial charge in [-0.25, -0.2) is 9.59 Å². The molecule has 5 amide bonds. The predicted molar refractivity (Wildman–Crippen MR) is 159 cm³/mol. The molecule has 0 aromatic heterocycles. The van der Waals surface area contributed by atoms with Crippen LogP contribution in [0.1, 0.15) is 51.5 Å². The van der Waals surface area contributed by atoms with E-state index in [1.54, 1.807) is 47.2 Å². The molecule has 4 rings (SSSR count). The summed E-state index contributed by atoms with van der Waals surface area (Å²) in [7, 11) is 1.76. The molecule has 1 fully saturated rings. The first-order chi connectivity index (χ1) is 19.7. The summed E-state index contributed by atoms with van der Waals surface area (Å²) in [5.41, 5.74) is 1.80. The summed E-state index contributed by atoms with van der Waals surface area (Å²) in [6.45, 7) is 4.35. The van der Waals surface area contributed by atoms with Crippen LogP contribution in [0.2, 0.25) is 0 Å². The number of fused-ring (bicyclic) bond motifs is 1. The Balaban J connectivity index is 1.53. The van der Waals surface area contributed by atoms with Crippen LogP contribution in [0, 0.1) is 5.92 Å². The third kappa shape index (κ3) is 8.36. The Morgan fingerprint density at radius 3 is 2.49 bits per heavy atom. The maximum atomic E-state index is 13.4. The summed E-state index contributed by atoms with van der Waals surface area (Å²) in [5, 5.41) is 18.7. The van der Waals surface area contributed by atoms with Crippen molar-refractivity contribution in [2.24, 2.45) is 5.92 Å². The fourth-order valence-corrected chi connectivity index (χ4v) is 5.42. The van der Waals surface area contributed by atoms with Crippen molar-refractivity contribution in [3.05, 3.63) is 54.1 Å². The van der Waals surface area contributed by atoms with Crippen LogP contribution in [0.4, 0.5) is 21.0 Å². The molecule has 2 aliphatic rings. The molecule has 4 N–H and O–H groups in total. The predicted octanol–water partition coefficient (Wildman–Crippen LogP) is 4.45. The third-order valence-electron chi connectivity index (χ3n) is 7.94. The molecule has 2 aromatic rings. The van der Waals surface area contributed by atoms with Crippen LogP contribution >= 0.6 is 0 Å². The zero-order valence-corrected chi connectivity index (χ0v) is 24.3. The number of hydrogen-bond donors (Lipinski definition) is 4. The number of nitrogens with zero attached hydrogens (tertiary/aromatic N) is 2. The van der Waals surface area contributed by atoms with Gasteiger partial charge in [-0.2, -0.15) is 0 Å². The first kappa shape index (κ1) is 30.2. The standard InChI is InChI=1S/C31H43N5O5/c1-21-18-36(22(2)20-37)29(38)17-23-16-26(33-30(39)32-24-10-6-4-7-11-24)14-15-27(23)41-28(21)19-35(3)31(40)34-25-12-8-5-9-13-25/h4,6-7,10-11,14-16,21-22,25,28,37H,5,8-9,12-13,17-20H2,1-3H3,(H,34,40)(H2,32,33,39)/t21-,22+,28+/m1/s1. The van der Waals surface area contributed by atoms with Crippen molar-refractivity contribution >= 4 is 29.3 Å². The van der Waals surface area contributed by atoms with Crippen molar-refractivity contribution in [3.63, 3.8) is 0 Å². The SMILES string of the molecule is C[C@@H]1CN([C@@H](C)CO)C(=O)Cc2cc(NC(=O)Nc3ccccc3)ccc2O[C@H]1CN(C)C(=O)NC1CCCCC1. The Morgan fingerprint density at radius 1 is 1.07 bits per heavy atom. The van der Waals surface area contributed by atoms with Gasteiger partial charge in [0.2, 0.25) is 5.91 Å². The molecule has 2 aromatic carbocycles. The van der Waals surface area contributed by atoms with Crippen LogP contribution in [0.5, 0.6) is 5.75 Å². The summed E-state index contributed by atoms with van der Waals surface area (Å²) < 4.78 is 6.51. The fourth-order valence-electron chi connectivity index (χ4n) is 5.42. The summed E-state index contributed by atoms with van der Waals surface area (Å²) in [5.74, 6) is 0.264. The molecule has 10 nitrogen and oxygen atoms in total. The highest BCUT2D eigenvalue weighted by Crippen LogP contribution is 2.29. The zero-order chi connectivity index (χ0) is 29.4. The average molecular weight is 566 g/mol. The quantitative estimate of drug-likeness (QED) is 0.395. The molecule has 10 heteroatoms. The Morgan fingerprint density at radius 2 is 1.78 bits per heavy atom. The Hall–Kier alpha value is -3.79. The van der Waals surface area contributed by atoms with E-state index in [-0.39, 0.29) is 43.0 Å². The van der Waals surface area contributed by atoms with E-state index in [1.165, 1.54) is 6.42 Å². The number of amides is 5. The molecular weight excluding hydrogens is 522 g/mol. The average Bonchev–Trinajstić information content (AvgIpc) is 3.01. The van der Waals surface area contributed by atoms with E-state index < -0.39 is 12.1 Å². The van der Waals surface area contributed by atoms with Crippen molar-refractivity contribution in [2.75, 3.05) is 37.4 Å². The van der Waals surface area contributed by atoms with E-state index in [0.29, 0.717) is 35.8 Å². The van der Waals surface area contributed by atoms with E-state index >= 15 is 0 Å². The van der Waals surface area contributed by atoms with Crippen LogP contribution in [0.3, 0.4) is 0 Å². The number of ether oxygens (including phenoxy) is 1. The van der Waals surface area contributed by atoms with Gasteiger partial charge in [-0.15, -0.1) is 0 Å². The number of likely N-dealkylation sites (N-methyl/N-ethyl adjacent to an activating group) is 1. The van der Waals surface area contributed by atoms with Gasteiger partial charge >= 0.3 is 12.1 Å². The molecule has 0 saturated heterocycles. The minimum atomic E-state index is -0.407. The van der Waals surface area contributed by atoms with Crippen molar-refractivity contribution < 1.29 is 24.2 Å². The number of carbonyl (C=O) groups excluding carboxylic acids is 3. The lowest BCUT2D eigenvalue weighted by Gasteiger charge is -2.34. The first-order valence-corrected chi connectivity index (χ1v) is 14.6. The van der Waals surface area contributed by atoms with Gasteiger partial charge in [0.05, 0.1) is 25.6 Å².